The van der Waals surface area contributed by atoms with Crippen molar-refractivity contribution in [2.24, 2.45) is 23.7 Å². The van der Waals surface area contributed by atoms with E-state index in [1.54, 1.807) is 37.8 Å². The Balaban J connectivity index is 1.29. The highest BCUT2D eigenvalue weighted by molar-refractivity contribution is 6.00. The maximum atomic E-state index is 14.4. The van der Waals surface area contributed by atoms with E-state index in [4.69, 9.17) is 10.5 Å². The Kier molecular flexibility index (Phi) is 8.95. The first-order valence-electron chi connectivity index (χ1n) is 17.0. The van der Waals surface area contributed by atoms with Crippen LogP contribution in [0, 0.1) is 23.7 Å². The van der Waals surface area contributed by atoms with Gasteiger partial charge in [-0.15, -0.1) is 0 Å². The van der Waals surface area contributed by atoms with Crippen LogP contribution in [-0.4, -0.2) is 86.4 Å². The van der Waals surface area contributed by atoms with E-state index in [1.807, 2.05) is 30.4 Å². The minimum atomic E-state index is -1.45. The predicted molar refractivity (Wildman–Crippen MR) is 177 cm³/mol. The third-order valence-electron chi connectivity index (χ3n) is 10.2. The minimum Gasteiger partial charge on any atom is -0.479 e. The number of aromatic nitrogens is 1. The molecule has 0 bridgehead atoms. The Hall–Kier alpha value is -4.48. The molecule has 1 saturated carbocycles. The van der Waals surface area contributed by atoms with Gasteiger partial charge in [0, 0.05) is 54.4 Å². The van der Waals surface area contributed by atoms with E-state index >= 15 is 0 Å². The Morgan fingerprint density at radius 2 is 1.88 bits per heavy atom. The van der Waals surface area contributed by atoms with Crippen LogP contribution in [0.15, 0.2) is 42.5 Å². The molecule has 48 heavy (non-hydrogen) atoms. The SMILES string of the molecule is CC(C)(C)OC(=O)C[C@@H]1CCCCC/C=C\[C@@H]2C[C@@]2(C(=O)O)NC(=O)[C@@H]2[C@H]3CN(C(=O)c4cc(N)c5ccccc5n4)C[C@H]3CN2C1=O. The number of ether oxygens (including phenoxy) is 1. The van der Waals surface area contributed by atoms with Gasteiger partial charge < -0.3 is 30.7 Å². The number of pyridine rings is 1. The Morgan fingerprint density at radius 1 is 1.10 bits per heavy atom. The highest BCUT2D eigenvalue weighted by Crippen LogP contribution is 2.46. The molecule has 12 nitrogen and oxygen atoms in total. The fourth-order valence-corrected chi connectivity index (χ4v) is 7.73. The first-order chi connectivity index (χ1) is 22.8. The van der Waals surface area contributed by atoms with Crippen molar-refractivity contribution in [3.05, 3.63) is 48.2 Å². The summed E-state index contributed by atoms with van der Waals surface area (Å²) in [6.07, 6.45) is 7.63. The number of esters is 1. The second-order valence-electron chi connectivity index (χ2n) is 14.8. The topological polar surface area (TPSA) is 172 Å². The minimum absolute atomic E-state index is 0.114. The highest BCUT2D eigenvalue weighted by atomic mass is 16.6. The van der Waals surface area contributed by atoms with Gasteiger partial charge in [-0.05, 0) is 58.6 Å². The van der Waals surface area contributed by atoms with Gasteiger partial charge in [-0.1, -0.05) is 43.2 Å². The summed E-state index contributed by atoms with van der Waals surface area (Å²) < 4.78 is 5.58. The maximum Gasteiger partial charge on any atom is 0.330 e. The average molecular weight is 660 g/mol. The van der Waals surface area contributed by atoms with Crippen LogP contribution in [0.25, 0.3) is 10.9 Å². The normalized spacial score (nSPS) is 29.9. The van der Waals surface area contributed by atoms with Crippen LogP contribution in [-0.2, 0) is 23.9 Å². The lowest BCUT2D eigenvalue weighted by molar-refractivity contribution is -0.159. The molecule has 0 radical (unpaired) electrons. The van der Waals surface area contributed by atoms with Crippen molar-refractivity contribution in [3.63, 3.8) is 0 Å². The second kappa shape index (κ2) is 12.9. The van der Waals surface area contributed by atoms with Crippen LogP contribution in [0.1, 0.15) is 76.2 Å². The number of para-hydroxylation sites is 1. The van der Waals surface area contributed by atoms with E-state index < -0.39 is 46.9 Å². The monoisotopic (exact) mass is 659 g/mol. The van der Waals surface area contributed by atoms with Crippen LogP contribution < -0.4 is 11.1 Å². The number of nitrogen functional groups attached to an aromatic ring is 1. The van der Waals surface area contributed by atoms with Crippen molar-refractivity contribution >= 4 is 46.3 Å². The number of rotatable bonds is 4. The van der Waals surface area contributed by atoms with Gasteiger partial charge in [0.1, 0.15) is 22.9 Å². The largest absolute Gasteiger partial charge is 0.479 e. The number of aliphatic carboxylic acids is 1. The lowest BCUT2D eigenvalue weighted by atomic mass is 9.92. The van der Waals surface area contributed by atoms with E-state index in [2.05, 4.69) is 10.3 Å². The van der Waals surface area contributed by atoms with Gasteiger partial charge in [0.25, 0.3) is 5.91 Å². The third-order valence-corrected chi connectivity index (χ3v) is 10.2. The quantitative estimate of drug-likeness (QED) is 0.328. The molecule has 4 aliphatic rings. The molecule has 6 atom stereocenters. The number of nitrogens with one attached hydrogen (secondary N) is 1. The first kappa shape index (κ1) is 33.4. The molecule has 4 heterocycles. The zero-order valence-corrected chi connectivity index (χ0v) is 27.8. The number of carboxylic acids is 1. The number of carbonyl (C=O) groups excluding carboxylic acids is 4. The Morgan fingerprint density at radius 3 is 2.62 bits per heavy atom. The molecule has 1 aromatic heterocycles. The summed E-state index contributed by atoms with van der Waals surface area (Å²) in [6, 6.07) is 7.85. The van der Waals surface area contributed by atoms with Crippen molar-refractivity contribution in [2.45, 2.75) is 82.9 Å². The molecule has 3 amide bonds. The lowest BCUT2D eigenvalue weighted by Gasteiger charge is -2.32. The smallest absolute Gasteiger partial charge is 0.330 e. The zero-order valence-electron chi connectivity index (χ0n) is 27.8. The number of anilines is 1. The van der Waals surface area contributed by atoms with Gasteiger partial charge >= 0.3 is 11.9 Å². The van der Waals surface area contributed by atoms with Crippen molar-refractivity contribution < 1.29 is 33.8 Å². The molecule has 4 N–H and O–H groups in total. The second-order valence-corrected chi connectivity index (χ2v) is 14.8. The molecule has 12 heteroatoms. The van der Waals surface area contributed by atoms with Crippen molar-refractivity contribution in [2.75, 3.05) is 25.4 Å². The van der Waals surface area contributed by atoms with Gasteiger partial charge in [0.05, 0.1) is 11.9 Å². The van der Waals surface area contributed by atoms with E-state index in [0.717, 1.165) is 31.1 Å². The standard InChI is InChI=1S/C36H45N5O7/c1-35(2,3)48-29(42)15-21-11-7-5-4-6-8-12-23-17-36(23,34(46)47)39-31(43)30-25-20-40(18-22(25)19-41(30)32(21)44)33(45)28-16-26(37)24-13-9-10-14-27(24)38-28/h8-10,12-14,16,21-23,25,30H,4-7,11,15,17-20H2,1-3H3,(H2,37,38)(H,39,43)(H,46,47)/b12-8-/t21-,22-,23+,25-,30-,36+/m0/s1. The van der Waals surface area contributed by atoms with Crippen molar-refractivity contribution in [1.29, 1.82) is 0 Å². The first-order valence-corrected chi connectivity index (χ1v) is 17.0. The Labute approximate surface area is 280 Å². The number of likely N-dealkylation sites (tertiary alicyclic amines) is 1. The van der Waals surface area contributed by atoms with Crippen LogP contribution >= 0.6 is 0 Å². The fraction of sp³-hybridized carbons (Fsp3) is 0.556. The maximum absolute atomic E-state index is 14.4. The van der Waals surface area contributed by atoms with Gasteiger partial charge in [-0.2, -0.15) is 0 Å². The highest BCUT2D eigenvalue weighted by Gasteiger charge is 2.62. The van der Waals surface area contributed by atoms with E-state index in [-0.39, 0.29) is 61.8 Å². The van der Waals surface area contributed by atoms with E-state index in [9.17, 15) is 29.1 Å². The third kappa shape index (κ3) is 6.61. The molecule has 256 valence electrons. The number of nitrogens with two attached hydrogens (primary N) is 1. The summed E-state index contributed by atoms with van der Waals surface area (Å²) in [6.45, 7) is 6.00. The molecule has 2 saturated heterocycles. The molecule has 3 aliphatic heterocycles. The van der Waals surface area contributed by atoms with Gasteiger partial charge in [0.15, 0.2) is 0 Å². The number of amides is 3. The molecule has 1 aromatic carbocycles. The summed E-state index contributed by atoms with van der Waals surface area (Å²) in [5.41, 5.74) is 5.33. The van der Waals surface area contributed by atoms with E-state index in [0.29, 0.717) is 17.6 Å². The van der Waals surface area contributed by atoms with Crippen molar-refractivity contribution in [1.82, 2.24) is 20.1 Å². The van der Waals surface area contributed by atoms with Crippen LogP contribution in [0.5, 0.6) is 0 Å². The number of benzene rings is 1. The summed E-state index contributed by atoms with van der Waals surface area (Å²) in [5, 5.41) is 13.8. The summed E-state index contributed by atoms with van der Waals surface area (Å²) in [4.78, 5) is 75.5. The molecule has 6 rings (SSSR count). The number of carboxylic acid groups (broad SMARTS) is 1. The number of allylic oxidation sites excluding steroid dienone is 1. The molecule has 2 aromatic rings. The fourth-order valence-electron chi connectivity index (χ4n) is 7.73. The van der Waals surface area contributed by atoms with Crippen molar-refractivity contribution in [3.8, 4) is 0 Å². The van der Waals surface area contributed by atoms with Gasteiger partial charge in [-0.3, -0.25) is 19.2 Å². The number of hydrogen-bond acceptors (Lipinski definition) is 8. The number of nitrogens with zero attached hydrogens (tertiary/aromatic N) is 3. The van der Waals surface area contributed by atoms with Gasteiger partial charge in [0.2, 0.25) is 11.8 Å². The van der Waals surface area contributed by atoms with Gasteiger partial charge in [-0.25, -0.2) is 9.78 Å². The molecule has 0 unspecified atom stereocenters. The number of fused-ring (bicyclic) bond motifs is 5. The van der Waals surface area contributed by atoms with Crippen LogP contribution in [0.4, 0.5) is 5.69 Å². The van der Waals surface area contributed by atoms with Crippen LogP contribution in [0.2, 0.25) is 0 Å². The number of carbonyl (C=O) groups is 5. The molecule has 0 spiro atoms. The molecular formula is C36H45N5O7. The molecule has 3 fully saturated rings. The van der Waals surface area contributed by atoms with Crippen LogP contribution in [0.3, 0.4) is 0 Å². The Bertz CT molecular complexity index is 1670. The molecule has 1 aliphatic carbocycles. The zero-order chi connectivity index (χ0) is 34.4. The lowest BCUT2D eigenvalue weighted by Crippen LogP contribution is -2.56. The predicted octanol–water partition coefficient (Wildman–Crippen LogP) is 3.54. The average Bonchev–Trinajstić information content (AvgIpc) is 3.37. The van der Waals surface area contributed by atoms with E-state index in [1.165, 1.54) is 4.90 Å². The summed E-state index contributed by atoms with van der Waals surface area (Å²) >= 11 is 0. The summed E-state index contributed by atoms with van der Waals surface area (Å²) in [5.74, 6) is -4.51. The number of hydrogen-bond donors (Lipinski definition) is 3. The summed E-state index contributed by atoms with van der Waals surface area (Å²) in [7, 11) is 0. The molecular weight excluding hydrogens is 614 g/mol.